The SMILES string of the molecule is Nc1ccc(CN2CCCOCC2)c(Cl)c1. The molecule has 0 radical (unpaired) electrons. The van der Waals surface area contributed by atoms with Gasteiger partial charge in [-0.1, -0.05) is 17.7 Å². The lowest BCUT2D eigenvalue weighted by molar-refractivity contribution is 0.140. The number of rotatable bonds is 2. The maximum atomic E-state index is 6.15. The van der Waals surface area contributed by atoms with Gasteiger partial charge in [-0.3, -0.25) is 4.90 Å². The third-order valence-corrected chi connectivity index (χ3v) is 3.14. The van der Waals surface area contributed by atoms with Crippen molar-refractivity contribution in [3.63, 3.8) is 0 Å². The molecule has 1 aromatic carbocycles. The van der Waals surface area contributed by atoms with Gasteiger partial charge in [0.2, 0.25) is 0 Å². The van der Waals surface area contributed by atoms with Crippen LogP contribution >= 0.6 is 11.6 Å². The number of hydrogen-bond acceptors (Lipinski definition) is 3. The molecule has 0 aliphatic carbocycles. The number of nitrogens with two attached hydrogens (primary N) is 1. The summed E-state index contributed by atoms with van der Waals surface area (Å²) in [5, 5.41) is 0.755. The zero-order valence-electron chi connectivity index (χ0n) is 9.29. The van der Waals surface area contributed by atoms with Gasteiger partial charge in [0.15, 0.2) is 0 Å². The number of anilines is 1. The van der Waals surface area contributed by atoms with Gasteiger partial charge in [-0.05, 0) is 24.1 Å². The summed E-state index contributed by atoms with van der Waals surface area (Å²) in [6.45, 7) is 4.60. The zero-order chi connectivity index (χ0) is 11.4. The molecule has 0 unspecified atom stereocenters. The fourth-order valence-electron chi connectivity index (χ4n) is 1.89. The molecule has 0 atom stereocenters. The number of hydrogen-bond donors (Lipinski definition) is 1. The molecule has 4 heteroatoms. The molecule has 1 aromatic rings. The Morgan fingerprint density at radius 3 is 3.00 bits per heavy atom. The summed E-state index contributed by atoms with van der Waals surface area (Å²) in [6.07, 6.45) is 1.09. The predicted molar refractivity (Wildman–Crippen MR) is 66.6 cm³/mol. The van der Waals surface area contributed by atoms with Crippen molar-refractivity contribution >= 4 is 17.3 Å². The van der Waals surface area contributed by atoms with Crippen molar-refractivity contribution < 1.29 is 4.74 Å². The van der Waals surface area contributed by atoms with E-state index in [0.717, 1.165) is 49.9 Å². The fraction of sp³-hybridized carbons (Fsp3) is 0.500. The second kappa shape index (κ2) is 5.53. The van der Waals surface area contributed by atoms with Crippen LogP contribution in [0.3, 0.4) is 0 Å². The number of ether oxygens (including phenoxy) is 1. The lowest BCUT2D eigenvalue weighted by Gasteiger charge is -2.19. The highest BCUT2D eigenvalue weighted by Crippen LogP contribution is 2.21. The second-order valence-corrected chi connectivity index (χ2v) is 4.50. The Bertz CT molecular complexity index is 349. The number of benzene rings is 1. The molecule has 2 N–H and O–H groups in total. The van der Waals surface area contributed by atoms with E-state index in [1.807, 2.05) is 18.2 Å². The highest BCUT2D eigenvalue weighted by atomic mass is 35.5. The summed E-state index contributed by atoms with van der Waals surface area (Å²) in [5.74, 6) is 0. The average molecular weight is 241 g/mol. The van der Waals surface area contributed by atoms with Crippen LogP contribution in [0.1, 0.15) is 12.0 Å². The Hall–Kier alpha value is -0.770. The molecule has 1 fully saturated rings. The third-order valence-electron chi connectivity index (χ3n) is 2.79. The van der Waals surface area contributed by atoms with Crippen LogP contribution in [0.5, 0.6) is 0 Å². The Morgan fingerprint density at radius 2 is 2.19 bits per heavy atom. The van der Waals surface area contributed by atoms with E-state index in [1.54, 1.807) is 0 Å². The van der Waals surface area contributed by atoms with Gasteiger partial charge in [-0.15, -0.1) is 0 Å². The lowest BCUT2D eigenvalue weighted by atomic mass is 10.2. The van der Waals surface area contributed by atoms with Crippen molar-refractivity contribution in [3.05, 3.63) is 28.8 Å². The highest BCUT2D eigenvalue weighted by Gasteiger charge is 2.11. The maximum Gasteiger partial charge on any atom is 0.0593 e. The molecular weight excluding hydrogens is 224 g/mol. The van der Waals surface area contributed by atoms with E-state index in [-0.39, 0.29) is 0 Å². The van der Waals surface area contributed by atoms with Gasteiger partial charge in [-0.25, -0.2) is 0 Å². The van der Waals surface area contributed by atoms with E-state index in [1.165, 1.54) is 0 Å². The van der Waals surface area contributed by atoms with Crippen molar-refractivity contribution in [2.45, 2.75) is 13.0 Å². The molecular formula is C12H17ClN2O. The molecule has 1 aliphatic rings. The van der Waals surface area contributed by atoms with Crippen molar-refractivity contribution in [2.75, 3.05) is 32.0 Å². The first-order valence-corrected chi connectivity index (χ1v) is 5.97. The normalized spacial score (nSPS) is 18.3. The summed E-state index contributed by atoms with van der Waals surface area (Å²) in [5.41, 5.74) is 7.52. The molecule has 1 aliphatic heterocycles. The van der Waals surface area contributed by atoms with Crippen LogP contribution < -0.4 is 5.73 Å². The van der Waals surface area contributed by atoms with Gasteiger partial charge in [0.1, 0.15) is 0 Å². The van der Waals surface area contributed by atoms with Crippen LogP contribution in [0.4, 0.5) is 5.69 Å². The van der Waals surface area contributed by atoms with E-state index >= 15 is 0 Å². The molecule has 16 heavy (non-hydrogen) atoms. The lowest BCUT2D eigenvalue weighted by Crippen LogP contribution is -2.25. The standard InChI is InChI=1S/C12H17ClN2O/c13-12-8-11(14)3-2-10(12)9-15-4-1-6-16-7-5-15/h2-3,8H,1,4-7,9,14H2. The Balaban J connectivity index is 2.01. The van der Waals surface area contributed by atoms with E-state index < -0.39 is 0 Å². The van der Waals surface area contributed by atoms with Crippen LogP contribution in [0.25, 0.3) is 0 Å². The minimum atomic E-state index is 0.716. The molecule has 88 valence electrons. The van der Waals surface area contributed by atoms with Gasteiger partial charge in [-0.2, -0.15) is 0 Å². The van der Waals surface area contributed by atoms with E-state index in [4.69, 9.17) is 22.1 Å². The minimum Gasteiger partial charge on any atom is -0.399 e. The van der Waals surface area contributed by atoms with Crippen LogP contribution in [-0.2, 0) is 11.3 Å². The quantitative estimate of drug-likeness (QED) is 0.805. The van der Waals surface area contributed by atoms with E-state index in [2.05, 4.69) is 4.90 Å². The Kier molecular flexibility index (Phi) is 4.04. The fourth-order valence-corrected chi connectivity index (χ4v) is 2.14. The van der Waals surface area contributed by atoms with Crippen LogP contribution in [0, 0.1) is 0 Å². The minimum absolute atomic E-state index is 0.716. The number of nitrogen functional groups attached to an aromatic ring is 1. The topological polar surface area (TPSA) is 38.5 Å². The van der Waals surface area contributed by atoms with Crippen molar-refractivity contribution in [1.29, 1.82) is 0 Å². The van der Waals surface area contributed by atoms with Crippen molar-refractivity contribution in [3.8, 4) is 0 Å². The van der Waals surface area contributed by atoms with Gasteiger partial charge in [0, 0.05) is 37.0 Å². The third kappa shape index (κ3) is 3.11. The highest BCUT2D eigenvalue weighted by molar-refractivity contribution is 6.31. The summed E-state index contributed by atoms with van der Waals surface area (Å²) < 4.78 is 5.42. The average Bonchev–Trinajstić information content (AvgIpc) is 2.51. The first-order chi connectivity index (χ1) is 7.75. The monoisotopic (exact) mass is 240 g/mol. The summed E-state index contributed by atoms with van der Waals surface area (Å²) in [7, 11) is 0. The summed E-state index contributed by atoms with van der Waals surface area (Å²) in [4.78, 5) is 2.37. The molecule has 0 bridgehead atoms. The van der Waals surface area contributed by atoms with Gasteiger partial charge >= 0.3 is 0 Å². The van der Waals surface area contributed by atoms with Crippen molar-refractivity contribution in [2.24, 2.45) is 0 Å². The molecule has 1 saturated heterocycles. The van der Waals surface area contributed by atoms with Gasteiger partial charge < -0.3 is 10.5 Å². The van der Waals surface area contributed by atoms with E-state index in [0.29, 0.717) is 5.69 Å². The molecule has 0 aromatic heterocycles. The predicted octanol–water partition coefficient (Wildman–Crippen LogP) is 2.14. The van der Waals surface area contributed by atoms with E-state index in [9.17, 15) is 0 Å². The molecule has 2 rings (SSSR count). The molecule has 0 spiro atoms. The summed E-state index contributed by atoms with van der Waals surface area (Å²) in [6, 6.07) is 5.71. The zero-order valence-corrected chi connectivity index (χ0v) is 10.0. The number of halogens is 1. The largest absolute Gasteiger partial charge is 0.399 e. The molecule has 3 nitrogen and oxygen atoms in total. The molecule has 0 amide bonds. The maximum absolute atomic E-state index is 6.15. The van der Waals surface area contributed by atoms with Crippen molar-refractivity contribution in [1.82, 2.24) is 4.90 Å². The second-order valence-electron chi connectivity index (χ2n) is 4.09. The Morgan fingerprint density at radius 1 is 1.31 bits per heavy atom. The first kappa shape index (κ1) is 11.7. The number of nitrogens with zero attached hydrogens (tertiary/aromatic N) is 1. The van der Waals surface area contributed by atoms with Gasteiger partial charge in [0.25, 0.3) is 0 Å². The first-order valence-electron chi connectivity index (χ1n) is 5.60. The molecule has 0 saturated carbocycles. The smallest absolute Gasteiger partial charge is 0.0593 e. The van der Waals surface area contributed by atoms with Crippen LogP contribution in [0.2, 0.25) is 5.02 Å². The summed E-state index contributed by atoms with van der Waals surface area (Å²) >= 11 is 6.15. The molecule has 1 heterocycles. The van der Waals surface area contributed by atoms with Gasteiger partial charge in [0.05, 0.1) is 6.61 Å². The van der Waals surface area contributed by atoms with Crippen LogP contribution in [-0.4, -0.2) is 31.2 Å². The van der Waals surface area contributed by atoms with Crippen LogP contribution in [0.15, 0.2) is 18.2 Å². The Labute approximate surface area is 101 Å².